The smallest absolute Gasteiger partial charge is 0.0811 e. The molecule has 0 bridgehead atoms. The minimum Gasteiger partial charge on any atom is -0.394 e. The summed E-state index contributed by atoms with van der Waals surface area (Å²) in [5.41, 5.74) is 0.746. The van der Waals surface area contributed by atoms with E-state index < -0.39 is 6.10 Å². The lowest BCUT2D eigenvalue weighted by Crippen LogP contribution is -2.15. The van der Waals surface area contributed by atoms with Crippen LogP contribution in [0.4, 0.5) is 0 Å². The van der Waals surface area contributed by atoms with Crippen LogP contribution in [-0.2, 0) is 6.42 Å². The third-order valence-corrected chi connectivity index (χ3v) is 2.56. The van der Waals surface area contributed by atoms with Gasteiger partial charge in [0.15, 0.2) is 0 Å². The molecule has 0 aliphatic carbocycles. The fraction of sp³-hybridized carbons (Fsp3) is 0.333. The Bertz CT molecular complexity index is 289. The van der Waals surface area contributed by atoms with E-state index in [0.717, 1.165) is 5.56 Å². The third-order valence-electron chi connectivity index (χ3n) is 1.70. The number of hydrogen-bond acceptors (Lipinski definition) is 2. The molecule has 1 rings (SSSR count). The number of aliphatic hydroxyl groups is 2. The highest BCUT2D eigenvalue weighted by atomic mass is 35.5. The summed E-state index contributed by atoms with van der Waals surface area (Å²) in [6.07, 6.45) is -0.466. The van der Waals surface area contributed by atoms with Crippen LogP contribution in [-0.4, -0.2) is 22.9 Å². The van der Waals surface area contributed by atoms with E-state index in [4.69, 9.17) is 28.3 Å². The van der Waals surface area contributed by atoms with E-state index in [1.807, 2.05) is 0 Å². The van der Waals surface area contributed by atoms with Gasteiger partial charge in [0.25, 0.3) is 0 Å². The first-order chi connectivity index (χ1) is 6.15. The van der Waals surface area contributed by atoms with Crippen molar-refractivity contribution in [1.82, 2.24) is 0 Å². The van der Waals surface area contributed by atoms with Gasteiger partial charge >= 0.3 is 0 Å². The van der Waals surface area contributed by atoms with E-state index in [2.05, 4.69) is 0 Å². The van der Waals surface area contributed by atoms with Gasteiger partial charge in [0, 0.05) is 6.42 Å². The Labute approximate surface area is 86.7 Å². The topological polar surface area (TPSA) is 40.5 Å². The van der Waals surface area contributed by atoms with E-state index >= 15 is 0 Å². The lowest BCUT2D eigenvalue weighted by molar-refractivity contribution is 0.0955. The first kappa shape index (κ1) is 10.8. The van der Waals surface area contributed by atoms with Crippen molar-refractivity contribution in [3.05, 3.63) is 33.8 Å². The molecule has 0 heterocycles. The molecule has 13 heavy (non-hydrogen) atoms. The lowest BCUT2D eigenvalue weighted by Gasteiger charge is -2.09. The monoisotopic (exact) mass is 220 g/mol. The van der Waals surface area contributed by atoms with Crippen molar-refractivity contribution in [1.29, 1.82) is 0 Å². The molecule has 0 aliphatic heterocycles. The second kappa shape index (κ2) is 4.82. The highest BCUT2D eigenvalue weighted by Gasteiger charge is 2.08. The maximum absolute atomic E-state index is 9.17. The highest BCUT2D eigenvalue weighted by Crippen LogP contribution is 2.26. The summed E-state index contributed by atoms with van der Waals surface area (Å²) in [5, 5.41) is 18.7. The van der Waals surface area contributed by atoms with Crippen molar-refractivity contribution < 1.29 is 10.2 Å². The molecule has 0 spiro atoms. The van der Waals surface area contributed by atoms with Crippen LogP contribution in [0.2, 0.25) is 10.0 Å². The van der Waals surface area contributed by atoms with Crippen LogP contribution in [0.1, 0.15) is 5.56 Å². The van der Waals surface area contributed by atoms with Crippen LogP contribution < -0.4 is 0 Å². The summed E-state index contributed by atoms with van der Waals surface area (Å²) in [7, 11) is 0. The number of rotatable bonds is 3. The average molecular weight is 221 g/mol. The Morgan fingerprint density at radius 1 is 1.31 bits per heavy atom. The summed E-state index contributed by atoms with van der Waals surface area (Å²) in [5.74, 6) is 0. The van der Waals surface area contributed by atoms with E-state index in [-0.39, 0.29) is 6.61 Å². The van der Waals surface area contributed by atoms with Crippen LogP contribution >= 0.6 is 23.2 Å². The SMILES string of the molecule is OCC(O)Cc1cccc(Cl)c1Cl. The molecule has 4 heteroatoms. The van der Waals surface area contributed by atoms with Crippen LogP contribution in [0.3, 0.4) is 0 Å². The zero-order valence-corrected chi connectivity index (χ0v) is 8.39. The van der Waals surface area contributed by atoms with E-state index in [9.17, 15) is 5.11 Å². The van der Waals surface area contributed by atoms with Gasteiger partial charge in [0.1, 0.15) is 0 Å². The second-order valence-corrected chi connectivity index (χ2v) is 3.54. The lowest BCUT2D eigenvalue weighted by atomic mass is 10.1. The summed E-state index contributed by atoms with van der Waals surface area (Å²) >= 11 is 11.6. The first-order valence-corrected chi connectivity index (χ1v) is 4.62. The molecule has 2 N–H and O–H groups in total. The molecule has 1 atom stereocenters. The van der Waals surface area contributed by atoms with Gasteiger partial charge in [-0.05, 0) is 11.6 Å². The molecular weight excluding hydrogens is 211 g/mol. The number of hydrogen-bond donors (Lipinski definition) is 2. The van der Waals surface area contributed by atoms with Gasteiger partial charge in [-0.3, -0.25) is 0 Å². The summed E-state index contributed by atoms with van der Waals surface area (Å²) in [6.45, 7) is -0.275. The standard InChI is InChI=1S/C9H10Cl2O2/c10-8-3-1-2-6(9(8)11)4-7(13)5-12/h1-3,7,12-13H,4-5H2. The van der Waals surface area contributed by atoms with Gasteiger partial charge in [-0.15, -0.1) is 0 Å². The summed E-state index contributed by atoms with van der Waals surface area (Å²) < 4.78 is 0. The predicted octanol–water partition coefficient (Wildman–Crippen LogP) is 1.89. The Morgan fingerprint density at radius 2 is 2.00 bits per heavy atom. The fourth-order valence-electron chi connectivity index (χ4n) is 1.02. The Hall–Kier alpha value is -0.280. The molecule has 0 saturated heterocycles. The Morgan fingerprint density at radius 3 is 2.62 bits per heavy atom. The molecule has 2 nitrogen and oxygen atoms in total. The van der Waals surface area contributed by atoms with Gasteiger partial charge in [-0.1, -0.05) is 35.3 Å². The Balaban J connectivity index is 2.83. The molecule has 1 unspecified atom stereocenters. The van der Waals surface area contributed by atoms with Crippen LogP contribution in [0.15, 0.2) is 18.2 Å². The third kappa shape index (κ3) is 2.85. The molecule has 0 fully saturated rings. The van der Waals surface area contributed by atoms with Gasteiger partial charge < -0.3 is 10.2 Å². The van der Waals surface area contributed by atoms with Crippen molar-refractivity contribution in [2.45, 2.75) is 12.5 Å². The van der Waals surface area contributed by atoms with Crippen molar-refractivity contribution in [3.63, 3.8) is 0 Å². The molecule has 0 aliphatic rings. The minimum absolute atomic E-state index is 0.275. The van der Waals surface area contributed by atoms with Crippen molar-refractivity contribution in [2.75, 3.05) is 6.61 Å². The molecule has 0 aromatic heterocycles. The largest absolute Gasteiger partial charge is 0.394 e. The van der Waals surface area contributed by atoms with Crippen molar-refractivity contribution >= 4 is 23.2 Å². The van der Waals surface area contributed by atoms with Gasteiger partial charge in [0.05, 0.1) is 22.8 Å². The van der Waals surface area contributed by atoms with E-state index in [0.29, 0.717) is 16.5 Å². The van der Waals surface area contributed by atoms with Gasteiger partial charge in [-0.25, -0.2) is 0 Å². The van der Waals surface area contributed by atoms with Crippen molar-refractivity contribution in [2.24, 2.45) is 0 Å². The van der Waals surface area contributed by atoms with E-state index in [1.54, 1.807) is 18.2 Å². The minimum atomic E-state index is -0.782. The molecule has 0 amide bonds. The molecule has 1 aromatic rings. The molecule has 1 aromatic carbocycles. The maximum atomic E-state index is 9.17. The molecule has 72 valence electrons. The quantitative estimate of drug-likeness (QED) is 0.818. The van der Waals surface area contributed by atoms with Gasteiger partial charge in [0.2, 0.25) is 0 Å². The van der Waals surface area contributed by atoms with E-state index in [1.165, 1.54) is 0 Å². The number of benzene rings is 1. The fourth-order valence-corrected chi connectivity index (χ4v) is 1.42. The van der Waals surface area contributed by atoms with Gasteiger partial charge in [-0.2, -0.15) is 0 Å². The van der Waals surface area contributed by atoms with Crippen LogP contribution in [0, 0.1) is 0 Å². The predicted molar refractivity (Wildman–Crippen MR) is 53.3 cm³/mol. The number of aliphatic hydroxyl groups excluding tert-OH is 2. The Kier molecular flexibility index (Phi) is 4.00. The first-order valence-electron chi connectivity index (χ1n) is 3.87. The average Bonchev–Trinajstić information content (AvgIpc) is 2.13. The second-order valence-electron chi connectivity index (χ2n) is 2.75. The van der Waals surface area contributed by atoms with Crippen molar-refractivity contribution in [3.8, 4) is 0 Å². The van der Waals surface area contributed by atoms with Crippen LogP contribution in [0.25, 0.3) is 0 Å². The molecular formula is C9H10Cl2O2. The molecule has 0 radical (unpaired) electrons. The molecule has 0 saturated carbocycles. The zero-order chi connectivity index (χ0) is 9.84. The van der Waals surface area contributed by atoms with Crippen LogP contribution in [0.5, 0.6) is 0 Å². The summed E-state index contributed by atoms with van der Waals surface area (Å²) in [6, 6.07) is 5.21. The number of halogens is 2. The maximum Gasteiger partial charge on any atom is 0.0811 e. The normalized spacial score (nSPS) is 12.9. The summed E-state index contributed by atoms with van der Waals surface area (Å²) in [4.78, 5) is 0. The zero-order valence-electron chi connectivity index (χ0n) is 6.87. The highest BCUT2D eigenvalue weighted by molar-refractivity contribution is 6.42.